The second kappa shape index (κ2) is 7.85. The molecule has 0 bridgehead atoms. The van der Waals surface area contributed by atoms with Crippen LogP contribution in [0.5, 0.6) is 17.2 Å². The molecule has 1 aliphatic rings. The molecule has 0 N–H and O–H groups in total. The van der Waals surface area contributed by atoms with Gasteiger partial charge in [0.15, 0.2) is 11.5 Å². The second-order valence-electron chi connectivity index (χ2n) is 5.79. The van der Waals surface area contributed by atoms with Crippen LogP contribution in [0.1, 0.15) is 5.56 Å². The van der Waals surface area contributed by atoms with Crippen LogP contribution < -0.4 is 14.2 Å². The van der Waals surface area contributed by atoms with Crippen molar-refractivity contribution in [2.24, 2.45) is 0 Å². The minimum atomic E-state index is -0.382. The summed E-state index contributed by atoms with van der Waals surface area (Å²) in [7, 11) is 1.95. The van der Waals surface area contributed by atoms with Crippen molar-refractivity contribution in [1.82, 2.24) is 4.90 Å². The quantitative estimate of drug-likeness (QED) is 0.568. The average Bonchev–Trinajstić information content (AvgIpc) is 2.62. The van der Waals surface area contributed by atoms with E-state index in [4.69, 9.17) is 14.2 Å². The molecule has 0 aromatic heterocycles. The maximum atomic E-state index is 10.8. The maximum Gasteiger partial charge on any atom is 0.269 e. The topological polar surface area (TPSA) is 74.1 Å². The van der Waals surface area contributed by atoms with Crippen LogP contribution in [0, 0.1) is 10.1 Å². The molecule has 0 fully saturated rings. The van der Waals surface area contributed by atoms with Gasteiger partial charge in [0, 0.05) is 25.2 Å². The van der Waals surface area contributed by atoms with Crippen LogP contribution in [0.4, 0.5) is 5.69 Å². The average molecular weight is 344 g/mol. The Bertz CT molecular complexity index is 750. The monoisotopic (exact) mass is 344 g/mol. The summed E-state index contributed by atoms with van der Waals surface area (Å²) in [4.78, 5) is 12.5. The number of likely N-dealkylation sites (N-methyl/N-ethyl adjacent to an activating group) is 1. The lowest BCUT2D eigenvalue weighted by molar-refractivity contribution is -0.384. The van der Waals surface area contributed by atoms with Crippen LogP contribution in [0.3, 0.4) is 0 Å². The van der Waals surface area contributed by atoms with E-state index in [0.717, 1.165) is 5.56 Å². The van der Waals surface area contributed by atoms with Gasteiger partial charge in [0.25, 0.3) is 5.69 Å². The molecule has 0 atom stereocenters. The zero-order valence-electron chi connectivity index (χ0n) is 14.0. The highest BCUT2D eigenvalue weighted by Gasteiger charge is 2.16. The molecule has 1 aliphatic heterocycles. The Morgan fingerprint density at radius 3 is 2.84 bits per heavy atom. The van der Waals surface area contributed by atoms with E-state index in [0.29, 0.717) is 50.2 Å². The Morgan fingerprint density at radius 2 is 2.00 bits per heavy atom. The highest BCUT2D eigenvalue weighted by molar-refractivity contribution is 5.51. The Hall–Kier alpha value is -2.80. The van der Waals surface area contributed by atoms with Gasteiger partial charge in [-0.15, -0.1) is 0 Å². The molecule has 25 heavy (non-hydrogen) atoms. The van der Waals surface area contributed by atoms with Gasteiger partial charge in [0.05, 0.1) is 4.92 Å². The predicted octanol–water partition coefficient (Wildman–Crippen LogP) is 2.88. The van der Waals surface area contributed by atoms with Crippen molar-refractivity contribution < 1.29 is 19.1 Å². The van der Waals surface area contributed by atoms with Gasteiger partial charge in [-0.05, 0) is 24.7 Å². The number of nitro groups is 1. The van der Waals surface area contributed by atoms with Crippen LogP contribution >= 0.6 is 0 Å². The lowest BCUT2D eigenvalue weighted by atomic mass is 10.2. The van der Waals surface area contributed by atoms with Gasteiger partial charge in [-0.25, -0.2) is 0 Å². The number of nitro benzene ring substituents is 1. The van der Waals surface area contributed by atoms with Crippen molar-refractivity contribution >= 4 is 5.69 Å². The summed E-state index contributed by atoms with van der Waals surface area (Å²) < 4.78 is 17.0. The summed E-state index contributed by atoms with van der Waals surface area (Å²) in [6.45, 7) is 2.82. The molecular weight excluding hydrogens is 324 g/mol. The third-order valence-electron chi connectivity index (χ3n) is 3.83. The largest absolute Gasteiger partial charge is 0.488 e. The summed E-state index contributed by atoms with van der Waals surface area (Å²) >= 11 is 0. The van der Waals surface area contributed by atoms with Crippen LogP contribution in [0.2, 0.25) is 0 Å². The Morgan fingerprint density at radius 1 is 1.20 bits per heavy atom. The summed E-state index contributed by atoms with van der Waals surface area (Å²) in [6, 6.07) is 12.2. The van der Waals surface area contributed by atoms with Crippen LogP contribution in [-0.4, -0.2) is 43.2 Å². The predicted molar refractivity (Wildman–Crippen MR) is 92.4 cm³/mol. The van der Waals surface area contributed by atoms with Crippen molar-refractivity contribution in [3.8, 4) is 17.2 Å². The number of non-ortho nitro benzene ring substituents is 1. The van der Waals surface area contributed by atoms with Gasteiger partial charge in [0.2, 0.25) is 5.75 Å². The standard InChI is InChI=1S/C18H20N2O5/c1-19(13-14-4-2-5-15(12-14)20(21)22)8-9-23-16-6-3-7-17-18(16)25-11-10-24-17/h2-7,12H,8-11,13H2,1H3. The molecule has 0 saturated carbocycles. The first-order chi connectivity index (χ1) is 12.1. The van der Waals surface area contributed by atoms with Gasteiger partial charge in [-0.1, -0.05) is 18.2 Å². The summed E-state index contributed by atoms with van der Waals surface area (Å²) in [5.74, 6) is 2.02. The summed E-state index contributed by atoms with van der Waals surface area (Å²) in [5, 5.41) is 10.8. The molecule has 1 heterocycles. The number of fused-ring (bicyclic) bond motifs is 1. The Balaban J connectivity index is 1.52. The van der Waals surface area contributed by atoms with Crippen molar-refractivity contribution in [1.29, 1.82) is 0 Å². The number of benzene rings is 2. The van der Waals surface area contributed by atoms with E-state index in [1.165, 1.54) is 6.07 Å². The Labute approximate surface area is 145 Å². The lowest BCUT2D eigenvalue weighted by Crippen LogP contribution is -2.24. The first kappa shape index (κ1) is 17.0. The van der Waals surface area contributed by atoms with Gasteiger partial charge >= 0.3 is 0 Å². The third kappa shape index (κ3) is 4.39. The van der Waals surface area contributed by atoms with Gasteiger partial charge < -0.3 is 14.2 Å². The summed E-state index contributed by atoms with van der Waals surface area (Å²) in [5.41, 5.74) is 1.00. The lowest BCUT2D eigenvalue weighted by Gasteiger charge is -2.22. The smallest absolute Gasteiger partial charge is 0.269 e. The highest BCUT2D eigenvalue weighted by atomic mass is 16.6. The van der Waals surface area contributed by atoms with E-state index >= 15 is 0 Å². The Kier molecular flexibility index (Phi) is 5.35. The van der Waals surface area contributed by atoms with E-state index < -0.39 is 0 Å². The van der Waals surface area contributed by atoms with Gasteiger partial charge in [-0.3, -0.25) is 15.0 Å². The minimum absolute atomic E-state index is 0.107. The molecule has 7 heteroatoms. The second-order valence-corrected chi connectivity index (χ2v) is 5.79. The van der Waals surface area contributed by atoms with Crippen molar-refractivity contribution in [2.75, 3.05) is 33.4 Å². The molecule has 2 aromatic carbocycles. The maximum absolute atomic E-state index is 10.8. The van der Waals surface area contributed by atoms with Crippen molar-refractivity contribution in [2.45, 2.75) is 6.54 Å². The van der Waals surface area contributed by atoms with Crippen LogP contribution in [0.25, 0.3) is 0 Å². The molecular formula is C18H20N2O5. The van der Waals surface area contributed by atoms with Crippen LogP contribution in [0.15, 0.2) is 42.5 Å². The van der Waals surface area contributed by atoms with Crippen molar-refractivity contribution in [3.63, 3.8) is 0 Å². The first-order valence-electron chi connectivity index (χ1n) is 8.07. The number of hydrogen-bond donors (Lipinski definition) is 0. The molecule has 0 radical (unpaired) electrons. The fourth-order valence-corrected chi connectivity index (χ4v) is 2.63. The molecule has 2 aromatic rings. The normalized spacial score (nSPS) is 12.9. The number of nitrogens with zero attached hydrogens (tertiary/aromatic N) is 2. The minimum Gasteiger partial charge on any atom is -0.488 e. The number of ether oxygens (including phenoxy) is 3. The molecule has 0 amide bonds. The molecule has 7 nitrogen and oxygen atoms in total. The molecule has 0 saturated heterocycles. The van der Waals surface area contributed by atoms with E-state index in [1.807, 2.05) is 36.2 Å². The molecule has 3 rings (SSSR count). The molecule has 132 valence electrons. The number of para-hydroxylation sites is 1. The first-order valence-corrected chi connectivity index (χ1v) is 8.07. The SMILES string of the molecule is CN(CCOc1cccc2c1OCCO2)Cc1cccc([N+](=O)[O-])c1. The van der Waals surface area contributed by atoms with Crippen molar-refractivity contribution in [3.05, 3.63) is 58.1 Å². The zero-order valence-corrected chi connectivity index (χ0v) is 14.0. The summed E-state index contributed by atoms with van der Waals surface area (Å²) in [6.07, 6.45) is 0. The number of rotatable bonds is 7. The fraction of sp³-hybridized carbons (Fsp3) is 0.333. The number of hydrogen-bond acceptors (Lipinski definition) is 6. The molecule has 0 spiro atoms. The van der Waals surface area contributed by atoms with E-state index in [-0.39, 0.29) is 10.6 Å². The highest BCUT2D eigenvalue weighted by Crippen LogP contribution is 2.38. The molecule has 0 unspecified atom stereocenters. The van der Waals surface area contributed by atoms with Gasteiger partial charge in [0.1, 0.15) is 19.8 Å². The fourth-order valence-electron chi connectivity index (χ4n) is 2.63. The van der Waals surface area contributed by atoms with E-state index in [2.05, 4.69) is 0 Å². The van der Waals surface area contributed by atoms with Gasteiger partial charge in [-0.2, -0.15) is 0 Å². The molecule has 0 aliphatic carbocycles. The van der Waals surface area contributed by atoms with Crippen LogP contribution in [-0.2, 0) is 6.54 Å². The van der Waals surface area contributed by atoms with E-state index in [1.54, 1.807) is 12.1 Å². The van der Waals surface area contributed by atoms with E-state index in [9.17, 15) is 10.1 Å². The zero-order chi connectivity index (χ0) is 17.6. The third-order valence-corrected chi connectivity index (χ3v) is 3.83.